The van der Waals surface area contributed by atoms with Crippen molar-refractivity contribution in [2.75, 3.05) is 27.3 Å². The monoisotopic (exact) mass is 445 g/mol. The minimum absolute atomic E-state index is 0.116. The van der Waals surface area contributed by atoms with E-state index in [1.54, 1.807) is 12.0 Å². The average molecular weight is 445 g/mol. The van der Waals surface area contributed by atoms with Crippen LogP contribution in [-0.4, -0.2) is 55.1 Å². The van der Waals surface area contributed by atoms with Crippen LogP contribution in [0.25, 0.3) is 0 Å². The molecule has 168 valence electrons. The van der Waals surface area contributed by atoms with Gasteiger partial charge in [-0.25, -0.2) is 28.0 Å². The summed E-state index contributed by atoms with van der Waals surface area (Å²) in [6.45, 7) is 2.55. The number of fused-ring (bicyclic) bond motifs is 1. The maximum Gasteiger partial charge on any atom is 0.330 e. The molecular weight excluding hydrogens is 423 g/mol. The molecule has 2 amide bonds. The fourth-order valence-electron chi connectivity index (χ4n) is 3.67. The number of hydrogen-bond acceptors (Lipinski definition) is 4. The lowest BCUT2D eigenvalue weighted by Gasteiger charge is -2.36. The second kappa shape index (κ2) is 8.62. The molecule has 0 saturated carbocycles. The van der Waals surface area contributed by atoms with E-state index in [0.29, 0.717) is 18.7 Å². The van der Waals surface area contributed by atoms with Crippen LogP contribution in [0.5, 0.6) is 0 Å². The van der Waals surface area contributed by atoms with Crippen molar-refractivity contribution in [3.05, 3.63) is 64.5 Å². The summed E-state index contributed by atoms with van der Waals surface area (Å²) in [5, 5.41) is 2.71. The van der Waals surface area contributed by atoms with Crippen molar-refractivity contribution in [3.63, 3.8) is 0 Å². The number of nitrogens with zero attached hydrogens (tertiary/aromatic N) is 4. The maximum atomic E-state index is 13.9. The van der Waals surface area contributed by atoms with E-state index in [9.17, 15) is 18.0 Å². The predicted octanol–water partition coefficient (Wildman–Crippen LogP) is 3.66. The summed E-state index contributed by atoms with van der Waals surface area (Å²) in [5.41, 5.74) is 2.69. The van der Waals surface area contributed by atoms with E-state index in [4.69, 9.17) is 4.74 Å². The summed E-state index contributed by atoms with van der Waals surface area (Å²) in [6.07, 6.45) is 0.691. The lowest BCUT2D eigenvalue weighted by Crippen LogP contribution is -2.61. The molecule has 2 aliphatic rings. The Morgan fingerprint density at radius 3 is 2.62 bits per heavy atom. The van der Waals surface area contributed by atoms with Crippen molar-refractivity contribution in [3.8, 4) is 0 Å². The molecule has 10 heteroatoms. The Bertz CT molecular complexity index is 1110. The molecule has 0 radical (unpaired) electrons. The van der Waals surface area contributed by atoms with Gasteiger partial charge < -0.3 is 4.74 Å². The molecule has 4 rings (SSSR count). The number of carbonyl (C=O) groups is 1. The number of aliphatic imine (C=N–C) groups is 2. The van der Waals surface area contributed by atoms with Gasteiger partial charge in [-0.1, -0.05) is 12.1 Å². The number of halogens is 3. The van der Waals surface area contributed by atoms with Crippen molar-refractivity contribution in [2.45, 2.75) is 19.4 Å². The van der Waals surface area contributed by atoms with Crippen LogP contribution in [0, 0.1) is 24.4 Å². The number of urea groups is 1. The lowest BCUT2D eigenvalue weighted by molar-refractivity contribution is 0.202. The SMILES string of the molecule is COCCc1ccc(C)c(N=C2NC(=O)N(C)C3=NCC(c4cc(F)c(F)c(F)c4)N23)c1. The molecule has 0 bridgehead atoms. The van der Waals surface area contributed by atoms with Crippen LogP contribution in [0.3, 0.4) is 0 Å². The number of benzene rings is 2. The van der Waals surface area contributed by atoms with Crippen LogP contribution in [-0.2, 0) is 11.2 Å². The Morgan fingerprint density at radius 2 is 1.94 bits per heavy atom. The van der Waals surface area contributed by atoms with Crippen LogP contribution in [0.1, 0.15) is 22.7 Å². The van der Waals surface area contributed by atoms with Gasteiger partial charge in [-0.2, -0.15) is 0 Å². The molecule has 1 N–H and O–H groups in total. The zero-order chi connectivity index (χ0) is 23.0. The van der Waals surface area contributed by atoms with Crippen molar-refractivity contribution >= 4 is 23.6 Å². The minimum Gasteiger partial charge on any atom is -0.384 e. The molecule has 2 aliphatic heterocycles. The van der Waals surface area contributed by atoms with Crippen LogP contribution in [0.4, 0.5) is 23.7 Å². The number of nitrogens with one attached hydrogen (secondary N) is 1. The summed E-state index contributed by atoms with van der Waals surface area (Å²) in [5.74, 6) is -3.65. The lowest BCUT2D eigenvalue weighted by atomic mass is 10.1. The molecule has 0 spiro atoms. The highest BCUT2D eigenvalue weighted by Crippen LogP contribution is 2.32. The number of guanidine groups is 2. The third-order valence-corrected chi connectivity index (χ3v) is 5.47. The van der Waals surface area contributed by atoms with Gasteiger partial charge in [0.05, 0.1) is 24.9 Å². The van der Waals surface area contributed by atoms with Crippen LogP contribution in [0.15, 0.2) is 40.3 Å². The minimum atomic E-state index is -1.53. The fraction of sp³-hybridized carbons (Fsp3) is 0.318. The first-order chi connectivity index (χ1) is 15.3. The molecule has 1 fully saturated rings. The molecule has 32 heavy (non-hydrogen) atoms. The first kappa shape index (κ1) is 21.8. The Labute approximate surface area is 183 Å². The highest BCUT2D eigenvalue weighted by molar-refractivity contribution is 6.16. The Morgan fingerprint density at radius 1 is 1.22 bits per heavy atom. The van der Waals surface area contributed by atoms with Crippen molar-refractivity contribution in [2.24, 2.45) is 9.98 Å². The largest absolute Gasteiger partial charge is 0.384 e. The van der Waals surface area contributed by atoms with Gasteiger partial charge in [0.15, 0.2) is 17.5 Å². The van der Waals surface area contributed by atoms with Gasteiger partial charge in [0.2, 0.25) is 11.9 Å². The maximum absolute atomic E-state index is 13.9. The first-order valence-electron chi connectivity index (χ1n) is 10.00. The molecule has 7 nitrogen and oxygen atoms in total. The Balaban J connectivity index is 1.76. The third-order valence-electron chi connectivity index (χ3n) is 5.47. The molecular formula is C22H22F3N5O2. The smallest absolute Gasteiger partial charge is 0.330 e. The molecule has 1 atom stereocenters. The number of amides is 2. The Hall–Kier alpha value is -3.40. The van der Waals surface area contributed by atoms with Crippen molar-refractivity contribution < 1.29 is 22.7 Å². The fourth-order valence-corrected chi connectivity index (χ4v) is 3.67. The quantitative estimate of drug-likeness (QED) is 0.715. The number of ether oxygens (including phenoxy) is 1. The summed E-state index contributed by atoms with van der Waals surface area (Å²) in [6, 6.07) is 6.55. The molecule has 2 heterocycles. The molecule has 1 saturated heterocycles. The molecule has 1 unspecified atom stereocenters. The van der Waals surface area contributed by atoms with E-state index in [-0.39, 0.29) is 24.0 Å². The van der Waals surface area contributed by atoms with Gasteiger partial charge >= 0.3 is 6.03 Å². The molecule has 2 aromatic rings. The van der Waals surface area contributed by atoms with E-state index in [1.807, 2.05) is 25.1 Å². The number of aryl methyl sites for hydroxylation is 1. The highest BCUT2D eigenvalue weighted by Gasteiger charge is 2.41. The van der Waals surface area contributed by atoms with Gasteiger partial charge in [0, 0.05) is 14.2 Å². The highest BCUT2D eigenvalue weighted by atomic mass is 19.2. The zero-order valence-corrected chi connectivity index (χ0v) is 17.8. The molecule has 0 aliphatic carbocycles. The van der Waals surface area contributed by atoms with E-state index in [0.717, 1.165) is 23.3 Å². The summed E-state index contributed by atoms with van der Waals surface area (Å²) in [7, 11) is 3.15. The van der Waals surface area contributed by atoms with E-state index in [2.05, 4.69) is 15.3 Å². The van der Waals surface area contributed by atoms with E-state index >= 15 is 0 Å². The molecule has 2 aromatic carbocycles. The van der Waals surface area contributed by atoms with Gasteiger partial charge in [-0.05, 0) is 48.2 Å². The van der Waals surface area contributed by atoms with Crippen LogP contribution >= 0.6 is 0 Å². The van der Waals surface area contributed by atoms with Gasteiger partial charge in [0.1, 0.15) is 0 Å². The predicted molar refractivity (Wildman–Crippen MR) is 113 cm³/mol. The Kier molecular flexibility index (Phi) is 5.88. The van der Waals surface area contributed by atoms with E-state index < -0.39 is 29.5 Å². The van der Waals surface area contributed by atoms with Gasteiger partial charge in [-0.3, -0.25) is 15.1 Å². The standard InChI is InChI=1S/C22H22F3N5O2/c1-12-4-5-13(6-7-32-3)8-17(12)27-20-28-22(31)29(2)21-26-11-18(30(20)21)14-9-15(23)19(25)16(24)10-14/h4-5,8-10,18H,6-7,11H2,1-3H3,(H,27,28,31). The normalized spacial score (nSPS) is 19.3. The van der Waals surface area contributed by atoms with Crippen molar-refractivity contribution in [1.82, 2.24) is 15.1 Å². The number of rotatable bonds is 5. The zero-order valence-electron chi connectivity index (χ0n) is 17.8. The van der Waals surface area contributed by atoms with Crippen molar-refractivity contribution in [1.29, 1.82) is 0 Å². The van der Waals surface area contributed by atoms with Gasteiger partial charge in [0.25, 0.3) is 0 Å². The number of hydrogen-bond donors (Lipinski definition) is 1. The van der Waals surface area contributed by atoms with Crippen LogP contribution < -0.4 is 5.32 Å². The number of carbonyl (C=O) groups excluding carboxylic acids is 1. The first-order valence-corrected chi connectivity index (χ1v) is 10.00. The second-order valence-electron chi connectivity index (χ2n) is 7.61. The average Bonchev–Trinajstić information content (AvgIpc) is 3.21. The van der Waals surface area contributed by atoms with Gasteiger partial charge in [-0.15, -0.1) is 0 Å². The number of methoxy groups -OCH3 is 1. The van der Waals surface area contributed by atoms with Crippen LogP contribution in [0.2, 0.25) is 0 Å². The summed E-state index contributed by atoms with van der Waals surface area (Å²) >= 11 is 0. The summed E-state index contributed by atoms with van der Waals surface area (Å²) < 4.78 is 46.4. The molecule has 0 aromatic heterocycles. The summed E-state index contributed by atoms with van der Waals surface area (Å²) in [4.78, 5) is 24.4. The topological polar surface area (TPSA) is 69.5 Å². The second-order valence-corrected chi connectivity index (χ2v) is 7.61. The third kappa shape index (κ3) is 3.93. The van der Waals surface area contributed by atoms with E-state index in [1.165, 1.54) is 11.9 Å².